The van der Waals surface area contributed by atoms with E-state index < -0.39 is 0 Å². The highest BCUT2D eigenvalue weighted by Gasteiger charge is 2.14. The van der Waals surface area contributed by atoms with Gasteiger partial charge in [0.05, 0.1) is 17.9 Å². The van der Waals surface area contributed by atoms with E-state index in [1.807, 2.05) is 6.07 Å². The van der Waals surface area contributed by atoms with Crippen LogP contribution in [0, 0.1) is 0 Å². The first-order valence-electron chi connectivity index (χ1n) is 5.65. The number of aromatic nitrogens is 1. The average molecular weight is 247 g/mol. The lowest BCUT2D eigenvalue weighted by atomic mass is 10.2. The molecule has 18 heavy (non-hydrogen) atoms. The van der Waals surface area contributed by atoms with Gasteiger partial charge in [0.2, 0.25) is 0 Å². The number of nitrogens with one attached hydrogen (secondary N) is 1. The molecule has 1 aromatic carbocycles. The fourth-order valence-corrected chi connectivity index (χ4v) is 1.77. The zero-order chi connectivity index (χ0) is 12.4. The first kappa shape index (κ1) is 10.8. The molecular weight excluding hydrogens is 234 g/mol. The van der Waals surface area contributed by atoms with E-state index in [1.54, 1.807) is 12.1 Å². The minimum Gasteiger partial charge on any atom is -0.486 e. The van der Waals surface area contributed by atoms with Gasteiger partial charge in [-0.25, -0.2) is 0 Å². The summed E-state index contributed by atoms with van der Waals surface area (Å²) in [6.07, 6.45) is 1.53. The van der Waals surface area contributed by atoms with Crippen LogP contribution in [0.5, 0.6) is 11.5 Å². The molecule has 6 nitrogen and oxygen atoms in total. The normalized spacial score (nSPS) is 13.3. The molecule has 3 rings (SSSR count). The highest BCUT2D eigenvalue weighted by molar-refractivity contribution is 5.72. The average Bonchev–Trinajstić information content (AvgIpc) is 2.89. The summed E-state index contributed by atoms with van der Waals surface area (Å²) < 4.78 is 15.7. The van der Waals surface area contributed by atoms with Crippen molar-refractivity contribution in [1.82, 2.24) is 5.16 Å². The van der Waals surface area contributed by atoms with E-state index in [-0.39, 0.29) is 0 Å². The molecule has 1 aliphatic heterocycles. The molecule has 2 aromatic rings. The lowest BCUT2D eigenvalue weighted by molar-refractivity contribution is 0.172. The van der Waals surface area contributed by atoms with Crippen LogP contribution in [0.3, 0.4) is 0 Å². The van der Waals surface area contributed by atoms with Gasteiger partial charge in [-0.3, -0.25) is 0 Å². The molecule has 1 aliphatic rings. The van der Waals surface area contributed by atoms with Crippen LogP contribution in [-0.4, -0.2) is 18.4 Å². The van der Waals surface area contributed by atoms with E-state index in [1.165, 1.54) is 6.26 Å². The standard InChI is InChI=1S/C12H13N3O3/c13-9-5-11-12(17-4-3-16-11)6-10(9)14-7-8-1-2-18-15-8/h1-2,5-6,14H,3-4,7,13H2. The lowest BCUT2D eigenvalue weighted by Crippen LogP contribution is -2.16. The number of hydrogen-bond acceptors (Lipinski definition) is 6. The van der Waals surface area contributed by atoms with E-state index in [9.17, 15) is 0 Å². The van der Waals surface area contributed by atoms with Crippen LogP contribution in [0.1, 0.15) is 5.69 Å². The highest BCUT2D eigenvalue weighted by atomic mass is 16.6. The van der Waals surface area contributed by atoms with Gasteiger partial charge in [0.15, 0.2) is 11.5 Å². The van der Waals surface area contributed by atoms with E-state index in [2.05, 4.69) is 10.5 Å². The number of benzene rings is 1. The molecule has 0 atom stereocenters. The van der Waals surface area contributed by atoms with Crippen LogP contribution in [0.4, 0.5) is 11.4 Å². The van der Waals surface area contributed by atoms with Gasteiger partial charge in [0, 0.05) is 18.2 Å². The van der Waals surface area contributed by atoms with Crippen molar-refractivity contribution in [2.45, 2.75) is 6.54 Å². The van der Waals surface area contributed by atoms with Crippen LogP contribution in [-0.2, 0) is 6.54 Å². The number of rotatable bonds is 3. The van der Waals surface area contributed by atoms with Crippen molar-refractivity contribution in [2.24, 2.45) is 0 Å². The predicted octanol–water partition coefficient (Wildman–Crippen LogP) is 1.64. The first-order chi connectivity index (χ1) is 8.83. The Morgan fingerprint density at radius 1 is 1.22 bits per heavy atom. The largest absolute Gasteiger partial charge is 0.486 e. The number of hydrogen-bond donors (Lipinski definition) is 2. The molecule has 94 valence electrons. The van der Waals surface area contributed by atoms with Crippen molar-refractivity contribution < 1.29 is 14.0 Å². The smallest absolute Gasteiger partial charge is 0.163 e. The Bertz CT molecular complexity index is 540. The summed E-state index contributed by atoms with van der Waals surface area (Å²) in [5.74, 6) is 1.39. The maximum Gasteiger partial charge on any atom is 0.163 e. The fourth-order valence-electron chi connectivity index (χ4n) is 1.77. The van der Waals surface area contributed by atoms with Gasteiger partial charge in [-0.1, -0.05) is 5.16 Å². The van der Waals surface area contributed by atoms with E-state index in [0.29, 0.717) is 36.9 Å². The number of nitrogens with zero attached hydrogens (tertiary/aromatic N) is 1. The highest BCUT2D eigenvalue weighted by Crippen LogP contribution is 2.36. The van der Waals surface area contributed by atoms with Crippen molar-refractivity contribution in [1.29, 1.82) is 0 Å². The van der Waals surface area contributed by atoms with Crippen LogP contribution in [0.2, 0.25) is 0 Å². The van der Waals surface area contributed by atoms with Gasteiger partial charge in [-0.2, -0.15) is 0 Å². The fraction of sp³-hybridized carbons (Fsp3) is 0.250. The SMILES string of the molecule is Nc1cc2c(cc1NCc1ccon1)OCCO2. The van der Waals surface area contributed by atoms with Gasteiger partial charge in [-0.15, -0.1) is 0 Å². The summed E-state index contributed by atoms with van der Waals surface area (Å²) >= 11 is 0. The minimum atomic E-state index is 0.542. The third-order valence-electron chi connectivity index (χ3n) is 2.67. The molecule has 1 aromatic heterocycles. The predicted molar refractivity (Wildman–Crippen MR) is 65.7 cm³/mol. The summed E-state index contributed by atoms with van der Waals surface area (Å²) in [6, 6.07) is 5.39. The third-order valence-corrected chi connectivity index (χ3v) is 2.67. The summed E-state index contributed by atoms with van der Waals surface area (Å²) in [5, 5.41) is 7.00. The Morgan fingerprint density at radius 3 is 2.72 bits per heavy atom. The second-order valence-electron chi connectivity index (χ2n) is 3.93. The Balaban J connectivity index is 1.79. The Labute approximate surface area is 104 Å². The molecule has 0 spiro atoms. The maximum atomic E-state index is 5.94. The summed E-state index contributed by atoms with van der Waals surface area (Å²) in [6.45, 7) is 1.65. The van der Waals surface area contributed by atoms with Crippen molar-refractivity contribution in [3.63, 3.8) is 0 Å². The number of nitrogen functional groups attached to an aromatic ring is 1. The van der Waals surface area contributed by atoms with Gasteiger partial charge >= 0.3 is 0 Å². The molecule has 6 heteroatoms. The van der Waals surface area contributed by atoms with E-state index >= 15 is 0 Å². The number of nitrogens with two attached hydrogens (primary N) is 1. The van der Waals surface area contributed by atoms with E-state index in [4.69, 9.17) is 19.7 Å². The molecule has 0 aliphatic carbocycles. The molecule has 0 unspecified atom stereocenters. The minimum absolute atomic E-state index is 0.542. The van der Waals surface area contributed by atoms with Crippen LogP contribution in [0.25, 0.3) is 0 Å². The number of ether oxygens (including phenoxy) is 2. The number of anilines is 2. The summed E-state index contributed by atoms with van der Waals surface area (Å²) in [4.78, 5) is 0. The van der Waals surface area contributed by atoms with Gasteiger partial charge in [0.1, 0.15) is 25.2 Å². The Hall–Kier alpha value is -2.37. The number of fused-ring (bicyclic) bond motifs is 1. The zero-order valence-electron chi connectivity index (χ0n) is 9.68. The van der Waals surface area contributed by atoms with Crippen molar-refractivity contribution >= 4 is 11.4 Å². The topological polar surface area (TPSA) is 82.5 Å². The van der Waals surface area contributed by atoms with Crippen LogP contribution >= 0.6 is 0 Å². The maximum absolute atomic E-state index is 5.94. The Morgan fingerprint density at radius 2 is 2.00 bits per heavy atom. The van der Waals surface area contributed by atoms with Crippen molar-refractivity contribution in [3.8, 4) is 11.5 Å². The molecule has 0 saturated carbocycles. The molecular formula is C12H13N3O3. The quantitative estimate of drug-likeness (QED) is 0.802. The van der Waals surface area contributed by atoms with Gasteiger partial charge in [0.25, 0.3) is 0 Å². The van der Waals surface area contributed by atoms with Crippen molar-refractivity contribution in [3.05, 3.63) is 30.2 Å². The molecule has 0 radical (unpaired) electrons. The second-order valence-corrected chi connectivity index (χ2v) is 3.93. The summed E-state index contributed by atoms with van der Waals surface area (Å²) in [5.41, 5.74) is 8.16. The van der Waals surface area contributed by atoms with Gasteiger partial charge in [-0.05, 0) is 0 Å². The lowest BCUT2D eigenvalue weighted by Gasteiger charge is -2.20. The monoisotopic (exact) mass is 247 g/mol. The summed E-state index contributed by atoms with van der Waals surface area (Å²) in [7, 11) is 0. The molecule has 0 fully saturated rings. The van der Waals surface area contributed by atoms with Crippen LogP contribution < -0.4 is 20.5 Å². The molecule has 0 bridgehead atoms. The van der Waals surface area contributed by atoms with Gasteiger partial charge < -0.3 is 25.0 Å². The molecule has 0 amide bonds. The second kappa shape index (κ2) is 4.48. The molecule has 2 heterocycles. The first-order valence-corrected chi connectivity index (χ1v) is 5.65. The molecule has 0 saturated heterocycles. The van der Waals surface area contributed by atoms with Crippen LogP contribution in [0.15, 0.2) is 29.0 Å². The Kier molecular flexibility index (Phi) is 2.68. The zero-order valence-corrected chi connectivity index (χ0v) is 9.68. The van der Waals surface area contributed by atoms with E-state index in [0.717, 1.165) is 11.4 Å². The van der Waals surface area contributed by atoms with Crippen molar-refractivity contribution in [2.75, 3.05) is 24.3 Å². The molecule has 3 N–H and O–H groups in total. The third kappa shape index (κ3) is 2.04.